The van der Waals surface area contributed by atoms with Crippen LogP contribution >= 0.6 is 22.7 Å². The maximum absolute atomic E-state index is 12.0. The number of nitrogens with zero attached hydrogens (tertiary/aromatic N) is 3. The summed E-state index contributed by atoms with van der Waals surface area (Å²) in [5.74, 6) is 0.0288. The fourth-order valence-corrected chi connectivity index (χ4v) is 3.95. The Morgan fingerprint density at radius 2 is 2.05 bits per heavy atom. The molecule has 1 aliphatic rings. The number of aryl methyl sites for hydroxylation is 1. The van der Waals surface area contributed by atoms with E-state index in [-0.39, 0.29) is 5.91 Å². The molecule has 2 aromatic heterocycles. The molecule has 7 heteroatoms. The van der Waals surface area contributed by atoms with Crippen molar-refractivity contribution in [1.29, 1.82) is 0 Å². The van der Waals surface area contributed by atoms with E-state index in [9.17, 15) is 4.79 Å². The Balaban J connectivity index is 1.40. The van der Waals surface area contributed by atoms with E-state index in [1.165, 1.54) is 16.2 Å². The Morgan fingerprint density at radius 3 is 2.68 bits per heavy atom. The molecule has 1 aliphatic heterocycles. The number of hydrogen-bond acceptors (Lipinski definition) is 6. The average molecular weight is 336 g/mol. The lowest BCUT2D eigenvalue weighted by Crippen LogP contribution is -2.48. The van der Waals surface area contributed by atoms with Crippen LogP contribution in [0.5, 0.6) is 0 Å². The molecule has 0 unspecified atom stereocenters. The maximum Gasteiger partial charge on any atom is 0.240 e. The van der Waals surface area contributed by atoms with E-state index >= 15 is 0 Å². The van der Waals surface area contributed by atoms with Gasteiger partial charge in [-0.1, -0.05) is 6.07 Å². The van der Waals surface area contributed by atoms with Crippen LogP contribution < -0.4 is 5.32 Å². The number of rotatable bonds is 5. The van der Waals surface area contributed by atoms with Gasteiger partial charge in [-0.15, -0.1) is 22.7 Å². The van der Waals surface area contributed by atoms with E-state index in [0.29, 0.717) is 11.7 Å². The molecule has 5 nitrogen and oxygen atoms in total. The van der Waals surface area contributed by atoms with Gasteiger partial charge in [0.05, 0.1) is 12.2 Å². The van der Waals surface area contributed by atoms with Crippen molar-refractivity contribution < 1.29 is 4.79 Å². The number of thiophene rings is 1. The zero-order valence-corrected chi connectivity index (χ0v) is 14.3. The fraction of sp³-hybridized carbons (Fsp3) is 0.467. The van der Waals surface area contributed by atoms with Gasteiger partial charge in [0.1, 0.15) is 0 Å². The standard InChI is InChI=1S/C15H20N4OS2/c1-12-11-22-15(16-12)17-14(20)10-19-6-4-18(5-7-19)9-13-3-2-8-21-13/h2-3,8,11H,4-7,9-10H2,1H3,(H,16,17,20). The molecule has 0 atom stereocenters. The predicted molar refractivity (Wildman–Crippen MR) is 91.5 cm³/mol. The van der Waals surface area contributed by atoms with Crippen LogP contribution in [-0.2, 0) is 11.3 Å². The third-order valence-corrected chi connectivity index (χ3v) is 5.39. The first kappa shape index (κ1) is 15.6. The van der Waals surface area contributed by atoms with E-state index in [4.69, 9.17) is 0 Å². The van der Waals surface area contributed by atoms with Gasteiger partial charge in [-0.05, 0) is 18.4 Å². The molecule has 3 rings (SSSR count). The highest BCUT2D eigenvalue weighted by Gasteiger charge is 2.19. The first-order valence-corrected chi connectivity index (χ1v) is 9.14. The highest BCUT2D eigenvalue weighted by Crippen LogP contribution is 2.15. The van der Waals surface area contributed by atoms with Crippen LogP contribution in [0, 0.1) is 6.92 Å². The van der Waals surface area contributed by atoms with E-state index in [2.05, 4.69) is 37.6 Å². The lowest BCUT2D eigenvalue weighted by Gasteiger charge is -2.33. The SMILES string of the molecule is Cc1csc(NC(=O)CN2CCN(Cc3cccs3)CC2)n1. The van der Waals surface area contributed by atoms with Gasteiger partial charge in [0, 0.05) is 43.0 Å². The van der Waals surface area contributed by atoms with Crippen molar-refractivity contribution in [3.63, 3.8) is 0 Å². The quantitative estimate of drug-likeness (QED) is 0.910. The second-order valence-corrected chi connectivity index (χ2v) is 7.36. The van der Waals surface area contributed by atoms with Gasteiger partial charge in [0.15, 0.2) is 5.13 Å². The molecule has 0 saturated carbocycles. The minimum atomic E-state index is 0.0288. The summed E-state index contributed by atoms with van der Waals surface area (Å²) >= 11 is 3.28. The number of piperazine rings is 1. The van der Waals surface area contributed by atoms with Crippen molar-refractivity contribution in [3.8, 4) is 0 Å². The van der Waals surface area contributed by atoms with E-state index in [1.54, 1.807) is 11.3 Å². The largest absolute Gasteiger partial charge is 0.301 e. The molecular weight excluding hydrogens is 316 g/mol. The molecule has 0 aliphatic carbocycles. The molecule has 0 spiro atoms. The van der Waals surface area contributed by atoms with Crippen molar-refractivity contribution in [2.75, 3.05) is 38.0 Å². The molecule has 1 saturated heterocycles. The van der Waals surface area contributed by atoms with Crippen LogP contribution in [0.15, 0.2) is 22.9 Å². The number of carbonyl (C=O) groups is 1. The number of thiazole rings is 1. The normalized spacial score (nSPS) is 16.8. The van der Waals surface area contributed by atoms with Gasteiger partial charge in [0.2, 0.25) is 5.91 Å². The molecule has 0 bridgehead atoms. The number of anilines is 1. The molecule has 118 valence electrons. The third kappa shape index (κ3) is 4.36. The van der Waals surface area contributed by atoms with Crippen LogP contribution in [0.3, 0.4) is 0 Å². The molecule has 3 heterocycles. The number of hydrogen-bond donors (Lipinski definition) is 1. The first-order chi connectivity index (χ1) is 10.7. The summed E-state index contributed by atoms with van der Waals surface area (Å²) in [6.45, 7) is 7.31. The van der Waals surface area contributed by atoms with E-state index in [1.807, 2.05) is 12.3 Å². The van der Waals surface area contributed by atoms with Gasteiger partial charge >= 0.3 is 0 Å². The Kier molecular flexibility index (Phi) is 5.20. The zero-order valence-electron chi connectivity index (χ0n) is 12.6. The molecule has 0 aromatic carbocycles. The van der Waals surface area contributed by atoms with Crippen LogP contribution in [0.1, 0.15) is 10.6 Å². The summed E-state index contributed by atoms with van der Waals surface area (Å²) in [6, 6.07) is 4.28. The molecule has 1 fully saturated rings. The second kappa shape index (κ2) is 7.32. The predicted octanol–water partition coefficient (Wildman–Crippen LogP) is 2.27. The van der Waals surface area contributed by atoms with Crippen LogP contribution in [0.2, 0.25) is 0 Å². The van der Waals surface area contributed by atoms with Crippen LogP contribution in [0.25, 0.3) is 0 Å². The monoisotopic (exact) mass is 336 g/mol. The smallest absolute Gasteiger partial charge is 0.240 e. The van der Waals surface area contributed by atoms with Crippen LogP contribution in [0.4, 0.5) is 5.13 Å². The van der Waals surface area contributed by atoms with Gasteiger partial charge < -0.3 is 5.32 Å². The lowest BCUT2D eigenvalue weighted by molar-refractivity contribution is -0.117. The van der Waals surface area contributed by atoms with Crippen molar-refractivity contribution in [3.05, 3.63) is 33.5 Å². The topological polar surface area (TPSA) is 48.5 Å². The summed E-state index contributed by atoms with van der Waals surface area (Å²) in [7, 11) is 0. The zero-order chi connectivity index (χ0) is 15.4. The average Bonchev–Trinajstić information content (AvgIpc) is 3.13. The summed E-state index contributed by atoms with van der Waals surface area (Å²) in [6.07, 6.45) is 0. The molecule has 1 N–H and O–H groups in total. The van der Waals surface area contributed by atoms with Crippen LogP contribution in [-0.4, -0.2) is 53.4 Å². The minimum Gasteiger partial charge on any atom is -0.301 e. The summed E-state index contributed by atoms with van der Waals surface area (Å²) in [4.78, 5) is 22.4. The molecule has 22 heavy (non-hydrogen) atoms. The molecular formula is C15H20N4OS2. The van der Waals surface area contributed by atoms with Gasteiger partial charge in [0.25, 0.3) is 0 Å². The summed E-state index contributed by atoms with van der Waals surface area (Å²) < 4.78 is 0. The van der Waals surface area contributed by atoms with E-state index in [0.717, 1.165) is 38.4 Å². The van der Waals surface area contributed by atoms with Crippen molar-refractivity contribution in [2.45, 2.75) is 13.5 Å². The number of aromatic nitrogens is 1. The molecule has 0 radical (unpaired) electrons. The highest BCUT2D eigenvalue weighted by atomic mass is 32.1. The van der Waals surface area contributed by atoms with E-state index < -0.39 is 0 Å². The Hall–Kier alpha value is -1.28. The fourth-order valence-electron chi connectivity index (χ4n) is 2.50. The lowest BCUT2D eigenvalue weighted by atomic mass is 10.3. The maximum atomic E-state index is 12.0. The van der Waals surface area contributed by atoms with Crippen molar-refractivity contribution >= 4 is 33.7 Å². The summed E-state index contributed by atoms with van der Waals surface area (Å²) in [5.41, 5.74) is 0.947. The second-order valence-electron chi connectivity index (χ2n) is 5.47. The number of nitrogens with one attached hydrogen (secondary N) is 1. The third-order valence-electron chi connectivity index (χ3n) is 3.66. The Bertz CT molecular complexity index is 603. The minimum absolute atomic E-state index is 0.0288. The first-order valence-electron chi connectivity index (χ1n) is 7.38. The molecule has 2 aromatic rings. The van der Waals surface area contributed by atoms with Gasteiger partial charge in [-0.3, -0.25) is 14.6 Å². The summed E-state index contributed by atoms with van der Waals surface area (Å²) in [5, 5.41) is 7.63. The number of carbonyl (C=O) groups excluding carboxylic acids is 1. The van der Waals surface area contributed by atoms with Gasteiger partial charge in [-0.25, -0.2) is 4.98 Å². The van der Waals surface area contributed by atoms with Crippen molar-refractivity contribution in [2.24, 2.45) is 0 Å². The number of amides is 1. The van der Waals surface area contributed by atoms with Crippen molar-refractivity contribution in [1.82, 2.24) is 14.8 Å². The Labute approximate surface area is 138 Å². The van der Waals surface area contributed by atoms with Gasteiger partial charge in [-0.2, -0.15) is 0 Å². The Morgan fingerprint density at radius 1 is 1.27 bits per heavy atom. The molecule has 1 amide bonds. The highest BCUT2D eigenvalue weighted by molar-refractivity contribution is 7.13.